The van der Waals surface area contributed by atoms with Crippen LogP contribution in [0.1, 0.15) is 22.0 Å². The molecule has 0 aromatic heterocycles. The Hall–Kier alpha value is -1.04. The van der Waals surface area contributed by atoms with E-state index in [-0.39, 0.29) is 5.75 Å². The molecule has 0 spiro atoms. The van der Waals surface area contributed by atoms with Crippen molar-refractivity contribution in [2.24, 2.45) is 0 Å². The maximum Gasteiger partial charge on any atom is 0.150 e. The van der Waals surface area contributed by atoms with Gasteiger partial charge in [0.15, 0.2) is 6.29 Å². The molecule has 0 heterocycles. The molecule has 2 N–H and O–H groups in total. The van der Waals surface area contributed by atoms with Gasteiger partial charge >= 0.3 is 0 Å². The third-order valence-electron chi connectivity index (χ3n) is 2.29. The highest BCUT2D eigenvalue weighted by atomic mass is 32.1. The first kappa shape index (κ1) is 13.0. The van der Waals surface area contributed by atoms with Gasteiger partial charge in [0.25, 0.3) is 0 Å². The van der Waals surface area contributed by atoms with Gasteiger partial charge < -0.3 is 14.9 Å². The molecule has 1 aromatic carbocycles. The number of ether oxygens (including phenoxy) is 1. The highest BCUT2D eigenvalue weighted by Crippen LogP contribution is 2.24. The Labute approximate surface area is 99.3 Å². The second kappa shape index (κ2) is 5.89. The lowest BCUT2D eigenvalue weighted by atomic mass is 9.99. The van der Waals surface area contributed by atoms with Crippen LogP contribution in [0.15, 0.2) is 18.2 Å². The maximum atomic E-state index is 10.8. The lowest BCUT2D eigenvalue weighted by Gasteiger charge is -2.18. The fraction of sp³-hybridized carbons (Fsp3) is 0.364. The van der Waals surface area contributed by atoms with Gasteiger partial charge in [-0.2, -0.15) is 12.6 Å². The number of thiol groups is 1. The molecule has 0 radical (unpaired) electrons. The van der Waals surface area contributed by atoms with E-state index in [1.807, 2.05) is 0 Å². The first-order valence-electron chi connectivity index (χ1n) is 4.74. The molecule has 2 atom stereocenters. The average molecular weight is 242 g/mol. The summed E-state index contributed by atoms with van der Waals surface area (Å²) in [5.74, 6) is 0.643. The molecule has 88 valence electrons. The molecule has 0 bridgehead atoms. The maximum absolute atomic E-state index is 10.8. The summed E-state index contributed by atoms with van der Waals surface area (Å²) in [5, 5.41) is 19.2. The number of hydrogen-bond donors (Lipinski definition) is 3. The van der Waals surface area contributed by atoms with Gasteiger partial charge in [0.2, 0.25) is 0 Å². The van der Waals surface area contributed by atoms with Gasteiger partial charge in [-0.1, -0.05) is 6.07 Å². The van der Waals surface area contributed by atoms with Crippen LogP contribution < -0.4 is 4.74 Å². The Kier molecular flexibility index (Phi) is 4.79. The Morgan fingerprint density at radius 3 is 2.69 bits per heavy atom. The molecule has 2 unspecified atom stereocenters. The van der Waals surface area contributed by atoms with E-state index in [4.69, 9.17) is 4.74 Å². The second-order valence-electron chi connectivity index (χ2n) is 3.31. The van der Waals surface area contributed by atoms with Gasteiger partial charge in [-0.05, 0) is 17.7 Å². The van der Waals surface area contributed by atoms with Crippen molar-refractivity contribution >= 4 is 18.9 Å². The third-order valence-corrected chi connectivity index (χ3v) is 2.67. The Morgan fingerprint density at radius 1 is 1.50 bits per heavy atom. The predicted octanol–water partition coefficient (Wildman–Crippen LogP) is 0.832. The number of methoxy groups -OCH3 is 1. The van der Waals surface area contributed by atoms with Crippen LogP contribution in [0, 0.1) is 0 Å². The largest absolute Gasteiger partial charge is 0.497 e. The van der Waals surface area contributed by atoms with Crippen LogP contribution in [-0.2, 0) is 0 Å². The van der Waals surface area contributed by atoms with Gasteiger partial charge in [-0.3, -0.25) is 4.79 Å². The summed E-state index contributed by atoms with van der Waals surface area (Å²) in [6.07, 6.45) is -1.51. The summed E-state index contributed by atoms with van der Waals surface area (Å²) < 4.78 is 4.96. The first-order valence-corrected chi connectivity index (χ1v) is 5.37. The minimum atomic E-state index is -1.12. The molecule has 0 saturated heterocycles. The summed E-state index contributed by atoms with van der Waals surface area (Å²) >= 11 is 3.88. The van der Waals surface area contributed by atoms with E-state index < -0.39 is 12.2 Å². The standard InChI is InChI=1S/C11H14O4S/c1-15-8-2-3-9(7(4-8)5-12)11(14)10(13)6-16/h2-5,10-11,13-14,16H,6H2,1H3. The monoisotopic (exact) mass is 242 g/mol. The van der Waals surface area contributed by atoms with E-state index in [0.29, 0.717) is 23.2 Å². The molecule has 4 nitrogen and oxygen atoms in total. The lowest BCUT2D eigenvalue weighted by Crippen LogP contribution is -2.20. The minimum Gasteiger partial charge on any atom is -0.497 e. The molecular weight excluding hydrogens is 228 g/mol. The quantitative estimate of drug-likeness (QED) is 0.528. The highest BCUT2D eigenvalue weighted by Gasteiger charge is 2.20. The zero-order valence-corrected chi connectivity index (χ0v) is 9.72. The second-order valence-corrected chi connectivity index (χ2v) is 3.67. The minimum absolute atomic E-state index is 0.117. The molecule has 0 amide bonds. The van der Waals surface area contributed by atoms with Crippen molar-refractivity contribution in [3.8, 4) is 5.75 Å². The lowest BCUT2D eigenvalue weighted by molar-refractivity contribution is 0.0333. The van der Waals surface area contributed by atoms with Crippen LogP contribution in [-0.4, -0.2) is 35.5 Å². The zero-order chi connectivity index (χ0) is 12.1. The van der Waals surface area contributed by atoms with Crippen molar-refractivity contribution in [2.45, 2.75) is 12.2 Å². The number of aliphatic hydroxyl groups is 2. The van der Waals surface area contributed by atoms with E-state index in [0.717, 1.165) is 0 Å². The molecule has 0 aliphatic carbocycles. The normalized spacial score (nSPS) is 14.2. The average Bonchev–Trinajstić information content (AvgIpc) is 2.35. The van der Waals surface area contributed by atoms with Crippen molar-refractivity contribution in [1.29, 1.82) is 0 Å². The Bertz CT molecular complexity index is 367. The van der Waals surface area contributed by atoms with Crippen molar-refractivity contribution in [3.05, 3.63) is 29.3 Å². The molecule has 0 saturated carbocycles. The number of aldehydes is 1. The van der Waals surface area contributed by atoms with Crippen molar-refractivity contribution in [3.63, 3.8) is 0 Å². The van der Waals surface area contributed by atoms with Crippen LogP contribution in [0.4, 0.5) is 0 Å². The van der Waals surface area contributed by atoms with Crippen LogP contribution in [0.3, 0.4) is 0 Å². The Balaban J connectivity index is 3.08. The molecule has 0 aliphatic heterocycles. The van der Waals surface area contributed by atoms with Crippen LogP contribution in [0.25, 0.3) is 0 Å². The molecule has 1 aromatic rings. The van der Waals surface area contributed by atoms with Crippen LogP contribution in [0.2, 0.25) is 0 Å². The summed E-state index contributed by atoms with van der Waals surface area (Å²) in [6.45, 7) is 0. The van der Waals surface area contributed by atoms with Crippen molar-refractivity contribution in [2.75, 3.05) is 12.9 Å². The molecule has 5 heteroatoms. The van der Waals surface area contributed by atoms with Crippen LogP contribution in [0.5, 0.6) is 5.75 Å². The third kappa shape index (κ3) is 2.75. The van der Waals surface area contributed by atoms with E-state index >= 15 is 0 Å². The summed E-state index contributed by atoms with van der Waals surface area (Å²) in [4.78, 5) is 10.8. The molecule has 16 heavy (non-hydrogen) atoms. The first-order chi connectivity index (χ1) is 7.63. The van der Waals surface area contributed by atoms with Gasteiger partial charge in [0.05, 0.1) is 13.2 Å². The van der Waals surface area contributed by atoms with E-state index in [1.165, 1.54) is 13.2 Å². The number of hydrogen-bond acceptors (Lipinski definition) is 5. The fourth-order valence-electron chi connectivity index (χ4n) is 1.36. The predicted molar refractivity (Wildman–Crippen MR) is 63.2 cm³/mol. The molecular formula is C11H14O4S. The van der Waals surface area contributed by atoms with E-state index in [2.05, 4.69) is 12.6 Å². The summed E-state index contributed by atoms with van der Waals surface area (Å²) in [7, 11) is 1.49. The van der Waals surface area contributed by atoms with Crippen molar-refractivity contribution < 1.29 is 19.7 Å². The number of benzene rings is 1. The fourth-order valence-corrected chi connectivity index (χ4v) is 1.56. The van der Waals surface area contributed by atoms with E-state index in [1.54, 1.807) is 12.1 Å². The smallest absolute Gasteiger partial charge is 0.150 e. The van der Waals surface area contributed by atoms with Crippen LogP contribution >= 0.6 is 12.6 Å². The van der Waals surface area contributed by atoms with E-state index in [9.17, 15) is 15.0 Å². The summed E-state index contributed by atoms with van der Waals surface area (Å²) in [5.41, 5.74) is 0.671. The topological polar surface area (TPSA) is 66.8 Å². The van der Waals surface area contributed by atoms with Gasteiger partial charge in [-0.15, -0.1) is 0 Å². The molecule has 0 aliphatic rings. The SMILES string of the molecule is COc1ccc(C(O)C(O)CS)c(C=O)c1. The zero-order valence-electron chi connectivity index (χ0n) is 8.83. The number of aliphatic hydroxyl groups excluding tert-OH is 2. The van der Waals surface area contributed by atoms with Gasteiger partial charge in [-0.25, -0.2) is 0 Å². The van der Waals surface area contributed by atoms with Gasteiger partial charge in [0.1, 0.15) is 11.9 Å². The van der Waals surface area contributed by atoms with Crippen molar-refractivity contribution in [1.82, 2.24) is 0 Å². The molecule has 1 rings (SSSR count). The number of rotatable bonds is 5. The van der Waals surface area contributed by atoms with Gasteiger partial charge in [0, 0.05) is 11.3 Å². The summed E-state index contributed by atoms with van der Waals surface area (Å²) in [6, 6.07) is 4.69. The Morgan fingerprint density at radius 2 is 2.19 bits per heavy atom. The highest BCUT2D eigenvalue weighted by molar-refractivity contribution is 7.80. The number of carbonyl (C=O) groups excluding carboxylic acids is 1. The number of carbonyl (C=O) groups is 1. The molecule has 0 fully saturated rings.